The Labute approximate surface area is 175 Å². The minimum atomic E-state index is -4.30. The number of amides is 1. The highest BCUT2D eigenvalue weighted by atomic mass is 32.2. The van der Waals surface area contributed by atoms with Crippen LogP contribution in [0, 0.1) is 17.0 Å². The third-order valence-corrected chi connectivity index (χ3v) is 6.34. The Morgan fingerprint density at radius 3 is 2.50 bits per heavy atom. The number of hydrogen-bond acceptors (Lipinski definition) is 9. The maximum atomic E-state index is 12.6. The van der Waals surface area contributed by atoms with Crippen molar-refractivity contribution >= 4 is 38.2 Å². The maximum Gasteiger partial charge on any atom is 0.339 e. The Kier molecular flexibility index (Phi) is 6.08. The maximum absolute atomic E-state index is 12.6. The summed E-state index contributed by atoms with van der Waals surface area (Å²) in [6.45, 7) is 3.43. The van der Waals surface area contributed by atoms with Gasteiger partial charge in [-0.2, -0.15) is 8.42 Å². The predicted octanol–water partition coefficient (Wildman–Crippen LogP) is 3.34. The Morgan fingerprint density at radius 2 is 1.90 bits per heavy atom. The highest BCUT2D eigenvalue weighted by Crippen LogP contribution is 2.25. The number of nitro groups is 1. The highest BCUT2D eigenvalue weighted by Gasteiger charge is 2.23. The van der Waals surface area contributed by atoms with Gasteiger partial charge in [-0.3, -0.25) is 20.2 Å². The fourth-order valence-corrected chi connectivity index (χ4v) is 4.28. The van der Waals surface area contributed by atoms with E-state index in [1.807, 2.05) is 6.92 Å². The molecule has 0 fully saturated rings. The fraction of sp³-hybridized carbons (Fsp3) is 0.167. The molecule has 1 aromatic heterocycles. The van der Waals surface area contributed by atoms with E-state index in [0.29, 0.717) is 17.1 Å². The lowest BCUT2D eigenvalue weighted by Crippen LogP contribution is -2.13. The van der Waals surface area contributed by atoms with Crippen molar-refractivity contribution < 1.29 is 22.3 Å². The second-order valence-corrected chi connectivity index (χ2v) is 8.65. The standard InChI is InChI=1S/C18H16N4O6S2/c1-3-16-20-21-18(29-16)19-17(23)12-5-8-14(9-6-12)28-30(26,27)15-10-13(22(24)25)7-4-11(15)2/h4-10H,3H2,1-2H3,(H,19,21,23). The number of carbonyl (C=O) groups excluding carboxylic acids is 1. The van der Waals surface area contributed by atoms with Crippen molar-refractivity contribution in [1.29, 1.82) is 0 Å². The largest absolute Gasteiger partial charge is 0.379 e. The van der Waals surface area contributed by atoms with E-state index in [2.05, 4.69) is 15.5 Å². The minimum Gasteiger partial charge on any atom is -0.379 e. The molecule has 0 aliphatic heterocycles. The van der Waals surface area contributed by atoms with Gasteiger partial charge in [0.05, 0.1) is 4.92 Å². The molecule has 0 spiro atoms. The third kappa shape index (κ3) is 4.78. The van der Waals surface area contributed by atoms with Gasteiger partial charge in [-0.25, -0.2) is 0 Å². The van der Waals surface area contributed by atoms with E-state index in [1.54, 1.807) is 0 Å². The van der Waals surface area contributed by atoms with Crippen LogP contribution in [0.2, 0.25) is 0 Å². The zero-order valence-corrected chi connectivity index (χ0v) is 17.5. The van der Waals surface area contributed by atoms with Crippen molar-refractivity contribution in [1.82, 2.24) is 10.2 Å². The first kappa shape index (κ1) is 21.3. The summed E-state index contributed by atoms with van der Waals surface area (Å²) in [4.78, 5) is 22.2. The molecule has 1 heterocycles. The molecule has 2 aromatic carbocycles. The second kappa shape index (κ2) is 8.55. The predicted molar refractivity (Wildman–Crippen MR) is 109 cm³/mol. The Morgan fingerprint density at radius 1 is 1.20 bits per heavy atom. The smallest absolute Gasteiger partial charge is 0.339 e. The van der Waals surface area contributed by atoms with Gasteiger partial charge in [0.2, 0.25) is 5.13 Å². The average molecular weight is 448 g/mol. The van der Waals surface area contributed by atoms with Gasteiger partial charge in [0.1, 0.15) is 15.7 Å². The number of nitrogens with zero attached hydrogens (tertiary/aromatic N) is 3. The van der Waals surface area contributed by atoms with Crippen LogP contribution in [-0.4, -0.2) is 29.4 Å². The summed E-state index contributed by atoms with van der Waals surface area (Å²) in [5, 5.41) is 22.5. The van der Waals surface area contributed by atoms with Crippen molar-refractivity contribution in [2.24, 2.45) is 0 Å². The Hall–Kier alpha value is -3.38. The molecule has 1 amide bonds. The van der Waals surface area contributed by atoms with Crippen LogP contribution in [0.4, 0.5) is 10.8 Å². The summed E-state index contributed by atoms with van der Waals surface area (Å²) in [6.07, 6.45) is 0.706. The number of hydrogen-bond donors (Lipinski definition) is 1. The molecular weight excluding hydrogens is 432 g/mol. The number of nitrogens with one attached hydrogen (secondary N) is 1. The highest BCUT2D eigenvalue weighted by molar-refractivity contribution is 7.87. The minimum absolute atomic E-state index is 0.0401. The van der Waals surface area contributed by atoms with E-state index in [4.69, 9.17) is 4.18 Å². The number of anilines is 1. The Balaban J connectivity index is 1.75. The molecule has 30 heavy (non-hydrogen) atoms. The van der Waals surface area contributed by atoms with E-state index in [1.165, 1.54) is 54.7 Å². The van der Waals surface area contributed by atoms with E-state index in [-0.39, 0.29) is 21.9 Å². The molecular formula is C18H16N4O6S2. The molecule has 0 aliphatic rings. The number of aryl methyl sites for hydroxylation is 2. The van der Waals surface area contributed by atoms with Gasteiger partial charge in [0.25, 0.3) is 11.6 Å². The first-order valence-corrected chi connectivity index (χ1v) is 10.9. The Bertz CT molecular complexity index is 1210. The molecule has 3 aromatic rings. The topological polar surface area (TPSA) is 141 Å². The van der Waals surface area contributed by atoms with Crippen LogP contribution < -0.4 is 9.50 Å². The SMILES string of the molecule is CCc1nnc(NC(=O)c2ccc(OS(=O)(=O)c3cc([N+](=O)[O-])ccc3C)cc2)s1. The first-order chi connectivity index (χ1) is 14.2. The van der Waals surface area contributed by atoms with Crippen molar-refractivity contribution in [2.45, 2.75) is 25.2 Å². The van der Waals surface area contributed by atoms with Crippen LogP contribution in [-0.2, 0) is 16.5 Å². The molecule has 0 saturated heterocycles. The van der Waals surface area contributed by atoms with E-state index >= 15 is 0 Å². The molecule has 3 rings (SSSR count). The van der Waals surface area contributed by atoms with Gasteiger partial charge in [0.15, 0.2) is 0 Å². The van der Waals surface area contributed by atoms with Gasteiger partial charge in [-0.1, -0.05) is 24.3 Å². The quantitative estimate of drug-likeness (QED) is 0.329. The summed E-state index contributed by atoms with van der Waals surface area (Å²) < 4.78 is 30.2. The number of carbonyl (C=O) groups is 1. The van der Waals surface area contributed by atoms with Crippen LogP contribution in [0.25, 0.3) is 0 Å². The van der Waals surface area contributed by atoms with E-state index in [9.17, 15) is 23.3 Å². The number of benzene rings is 2. The summed E-state index contributed by atoms with van der Waals surface area (Å²) in [5.74, 6) is -0.473. The number of nitro benzene ring substituents is 1. The van der Waals surface area contributed by atoms with Crippen LogP contribution in [0.3, 0.4) is 0 Å². The molecule has 0 saturated carbocycles. The molecule has 0 radical (unpaired) electrons. The molecule has 0 unspecified atom stereocenters. The second-order valence-electron chi connectivity index (χ2n) is 6.08. The molecule has 0 atom stereocenters. The van der Waals surface area contributed by atoms with E-state index in [0.717, 1.165) is 11.1 Å². The zero-order chi connectivity index (χ0) is 21.9. The summed E-state index contributed by atoms with van der Waals surface area (Å²) in [6, 6.07) is 8.90. The molecule has 0 aliphatic carbocycles. The van der Waals surface area contributed by atoms with Crippen molar-refractivity contribution in [3.63, 3.8) is 0 Å². The molecule has 156 valence electrons. The molecule has 12 heteroatoms. The molecule has 0 bridgehead atoms. The van der Waals surface area contributed by atoms with Gasteiger partial charge in [0, 0.05) is 17.7 Å². The van der Waals surface area contributed by atoms with Gasteiger partial charge in [-0.15, -0.1) is 10.2 Å². The normalized spacial score (nSPS) is 11.1. The zero-order valence-electron chi connectivity index (χ0n) is 15.9. The van der Waals surface area contributed by atoms with Crippen molar-refractivity contribution in [2.75, 3.05) is 5.32 Å². The lowest BCUT2D eigenvalue weighted by Gasteiger charge is -2.09. The summed E-state index contributed by atoms with van der Waals surface area (Å²) in [7, 11) is -4.30. The summed E-state index contributed by atoms with van der Waals surface area (Å²) in [5.41, 5.74) is 0.206. The summed E-state index contributed by atoms with van der Waals surface area (Å²) >= 11 is 1.26. The number of rotatable bonds is 7. The molecule has 10 nitrogen and oxygen atoms in total. The monoisotopic (exact) mass is 448 g/mol. The first-order valence-electron chi connectivity index (χ1n) is 8.63. The van der Waals surface area contributed by atoms with Crippen molar-refractivity contribution in [3.8, 4) is 5.75 Å². The van der Waals surface area contributed by atoms with Crippen molar-refractivity contribution in [3.05, 3.63) is 68.7 Å². The third-order valence-electron chi connectivity index (χ3n) is 3.96. The average Bonchev–Trinajstić information content (AvgIpc) is 3.15. The van der Waals surface area contributed by atoms with Gasteiger partial charge in [-0.05, 0) is 43.2 Å². The number of aromatic nitrogens is 2. The lowest BCUT2D eigenvalue weighted by atomic mass is 10.2. The van der Waals surface area contributed by atoms with Crippen LogP contribution in [0.5, 0.6) is 5.75 Å². The lowest BCUT2D eigenvalue weighted by molar-refractivity contribution is -0.385. The fourth-order valence-electron chi connectivity index (χ4n) is 2.42. The van der Waals surface area contributed by atoms with E-state index < -0.39 is 20.9 Å². The van der Waals surface area contributed by atoms with Crippen LogP contribution in [0.1, 0.15) is 27.9 Å². The van der Waals surface area contributed by atoms with Gasteiger partial charge >= 0.3 is 10.1 Å². The van der Waals surface area contributed by atoms with Crippen LogP contribution in [0.15, 0.2) is 47.4 Å². The molecule has 1 N–H and O–H groups in total. The van der Waals surface area contributed by atoms with Crippen LogP contribution >= 0.6 is 11.3 Å². The van der Waals surface area contributed by atoms with Gasteiger partial charge < -0.3 is 4.18 Å². The number of non-ortho nitro benzene ring substituents is 1.